The lowest BCUT2D eigenvalue weighted by Gasteiger charge is -2.53. The number of nitrogens with two attached hydrogens (primary N) is 1. The van der Waals surface area contributed by atoms with Crippen molar-refractivity contribution in [3.05, 3.63) is 34.4 Å². The SMILES string of the molecule is CN(C)[C@H]1C(O)C(C(N)=O)C(=O)[C@]2(O)C(=O)C3=C(O)c4c(O)ccc(CN5CCCC5)c4C[C@@H]3C[C@H]12. The van der Waals surface area contributed by atoms with Crippen LogP contribution in [0.4, 0.5) is 0 Å². The molecule has 1 aromatic rings. The molecule has 0 spiro atoms. The van der Waals surface area contributed by atoms with Crippen molar-refractivity contribution >= 4 is 23.2 Å². The van der Waals surface area contributed by atoms with Gasteiger partial charge in [0, 0.05) is 24.1 Å². The summed E-state index contributed by atoms with van der Waals surface area (Å²) in [7, 11) is 3.27. The monoisotopic (exact) mass is 499 g/mol. The molecule has 194 valence electrons. The van der Waals surface area contributed by atoms with Crippen LogP contribution in [-0.2, 0) is 27.3 Å². The number of aliphatic hydroxyl groups is 3. The molecule has 4 aliphatic rings. The Hall–Kier alpha value is -2.79. The number of fused-ring (bicyclic) bond motifs is 3. The van der Waals surface area contributed by atoms with Crippen molar-refractivity contribution < 1.29 is 34.8 Å². The number of primary amides is 1. The number of phenolic OH excluding ortho intramolecular Hbond substituents is 1. The van der Waals surface area contributed by atoms with Crippen LogP contribution in [0.25, 0.3) is 5.76 Å². The van der Waals surface area contributed by atoms with Gasteiger partial charge in [-0.15, -0.1) is 0 Å². The molecule has 2 saturated carbocycles. The predicted molar refractivity (Wildman–Crippen MR) is 129 cm³/mol. The summed E-state index contributed by atoms with van der Waals surface area (Å²) in [6, 6.07) is 2.42. The first-order chi connectivity index (χ1) is 17.0. The molecule has 10 heteroatoms. The molecule has 36 heavy (non-hydrogen) atoms. The van der Waals surface area contributed by atoms with Gasteiger partial charge in [-0.3, -0.25) is 19.3 Å². The molecule has 1 amide bonds. The average molecular weight is 500 g/mol. The van der Waals surface area contributed by atoms with Crippen molar-refractivity contribution in [3.8, 4) is 5.75 Å². The number of phenols is 1. The fourth-order valence-electron chi connectivity index (χ4n) is 7.00. The number of likely N-dealkylation sites (tertiary alicyclic amines) is 1. The number of benzene rings is 1. The zero-order valence-corrected chi connectivity index (χ0v) is 20.5. The molecule has 0 radical (unpaired) electrons. The lowest BCUT2D eigenvalue weighted by Crippen LogP contribution is -2.73. The summed E-state index contributed by atoms with van der Waals surface area (Å²) in [5.74, 6) is -7.22. The number of carbonyl (C=O) groups is 3. The van der Waals surface area contributed by atoms with E-state index in [4.69, 9.17) is 5.73 Å². The standard InChI is InChI=1S/C26H33N3O7/c1-28(2)20-15-10-13-9-14-12(11-29-7-3-4-8-29)5-6-16(30)18(14)21(31)17(13)23(33)26(15,36)24(34)19(22(20)32)25(27)35/h5-6,13,15,19-20,22,30-32,36H,3-4,7-11H2,1-2H3,(H2,27,35)/t13-,15-,19?,20-,22?,26-/m1/s1. The summed E-state index contributed by atoms with van der Waals surface area (Å²) in [5, 5.41) is 44.5. The molecule has 2 unspecified atom stereocenters. The molecule has 1 aromatic carbocycles. The van der Waals surface area contributed by atoms with Crippen molar-refractivity contribution in [1.29, 1.82) is 0 Å². The van der Waals surface area contributed by atoms with E-state index in [1.807, 2.05) is 6.07 Å². The summed E-state index contributed by atoms with van der Waals surface area (Å²) < 4.78 is 0. The van der Waals surface area contributed by atoms with Gasteiger partial charge in [0.05, 0.1) is 11.7 Å². The Bertz CT molecular complexity index is 1170. The van der Waals surface area contributed by atoms with Crippen LogP contribution in [0, 0.1) is 17.8 Å². The van der Waals surface area contributed by atoms with Gasteiger partial charge in [0.25, 0.3) is 0 Å². The largest absolute Gasteiger partial charge is 0.507 e. The molecular weight excluding hydrogens is 466 g/mol. The number of hydrogen-bond donors (Lipinski definition) is 5. The first-order valence-corrected chi connectivity index (χ1v) is 12.4. The van der Waals surface area contributed by atoms with Crippen LogP contribution in [0.15, 0.2) is 17.7 Å². The third-order valence-corrected chi connectivity index (χ3v) is 8.66. The summed E-state index contributed by atoms with van der Waals surface area (Å²) >= 11 is 0. The maximum atomic E-state index is 13.8. The molecule has 5 rings (SSSR count). The van der Waals surface area contributed by atoms with Crippen molar-refractivity contribution in [2.45, 2.75) is 50.0 Å². The maximum absolute atomic E-state index is 13.8. The number of aromatic hydroxyl groups is 1. The zero-order chi connectivity index (χ0) is 26.1. The Morgan fingerprint density at radius 3 is 2.47 bits per heavy atom. The summed E-state index contributed by atoms with van der Waals surface area (Å²) in [4.78, 5) is 43.2. The molecule has 6 atom stereocenters. The van der Waals surface area contributed by atoms with E-state index in [0.717, 1.165) is 37.1 Å². The highest BCUT2D eigenvalue weighted by atomic mass is 16.3. The quantitative estimate of drug-likeness (QED) is 0.351. The van der Waals surface area contributed by atoms with E-state index < -0.39 is 58.7 Å². The third kappa shape index (κ3) is 3.42. The highest BCUT2D eigenvalue weighted by Gasteiger charge is 2.67. The number of nitrogens with zero attached hydrogens (tertiary/aromatic N) is 2. The van der Waals surface area contributed by atoms with Gasteiger partial charge < -0.3 is 31.1 Å². The van der Waals surface area contributed by atoms with Crippen molar-refractivity contribution in [3.63, 3.8) is 0 Å². The number of aliphatic hydroxyl groups excluding tert-OH is 2. The molecule has 10 nitrogen and oxygen atoms in total. The topological polar surface area (TPSA) is 165 Å². The van der Waals surface area contributed by atoms with E-state index in [9.17, 15) is 34.8 Å². The lowest BCUT2D eigenvalue weighted by molar-refractivity contribution is -0.184. The highest BCUT2D eigenvalue weighted by molar-refractivity contribution is 6.25. The summed E-state index contributed by atoms with van der Waals surface area (Å²) in [6.07, 6.45) is 1.18. The Kier molecular flexibility index (Phi) is 5.98. The molecule has 3 fully saturated rings. The normalized spacial score (nSPS) is 34.5. The van der Waals surface area contributed by atoms with Crippen LogP contribution in [0.1, 0.15) is 36.0 Å². The van der Waals surface area contributed by atoms with Gasteiger partial charge in [-0.1, -0.05) is 6.07 Å². The number of rotatable bonds is 4. The summed E-state index contributed by atoms with van der Waals surface area (Å²) in [5.41, 5.74) is 4.48. The Morgan fingerprint density at radius 2 is 1.86 bits per heavy atom. The third-order valence-electron chi connectivity index (χ3n) is 8.66. The summed E-state index contributed by atoms with van der Waals surface area (Å²) in [6.45, 7) is 2.58. The Labute approximate surface area is 209 Å². The Balaban J connectivity index is 1.63. The highest BCUT2D eigenvalue weighted by Crippen LogP contribution is 2.52. The van der Waals surface area contributed by atoms with Crippen LogP contribution >= 0.6 is 0 Å². The van der Waals surface area contributed by atoms with Crippen molar-refractivity contribution in [2.75, 3.05) is 27.2 Å². The minimum Gasteiger partial charge on any atom is -0.507 e. The minimum absolute atomic E-state index is 0.122. The van der Waals surface area contributed by atoms with Gasteiger partial charge in [-0.2, -0.15) is 0 Å². The molecule has 1 heterocycles. The minimum atomic E-state index is -2.63. The zero-order valence-electron chi connectivity index (χ0n) is 20.5. The van der Waals surface area contributed by atoms with Crippen LogP contribution in [0.5, 0.6) is 5.75 Å². The van der Waals surface area contributed by atoms with Crippen LogP contribution < -0.4 is 5.73 Å². The number of Topliss-reactive ketones (excluding diaryl/α,β-unsaturated/α-hetero) is 2. The average Bonchev–Trinajstić information content (AvgIpc) is 3.31. The van der Waals surface area contributed by atoms with Gasteiger partial charge in [0.15, 0.2) is 11.4 Å². The number of carbonyl (C=O) groups excluding carboxylic acids is 3. The van der Waals surface area contributed by atoms with E-state index in [1.165, 1.54) is 6.07 Å². The van der Waals surface area contributed by atoms with Gasteiger partial charge in [-0.25, -0.2) is 0 Å². The van der Waals surface area contributed by atoms with Gasteiger partial charge >= 0.3 is 0 Å². The van der Waals surface area contributed by atoms with Gasteiger partial charge in [-0.05, 0) is 76.0 Å². The second kappa shape index (κ2) is 8.65. The smallest absolute Gasteiger partial charge is 0.230 e. The van der Waals surface area contributed by atoms with Crippen LogP contribution in [-0.4, -0.2) is 92.6 Å². The van der Waals surface area contributed by atoms with Crippen molar-refractivity contribution in [1.82, 2.24) is 9.80 Å². The van der Waals surface area contributed by atoms with E-state index in [1.54, 1.807) is 19.0 Å². The lowest BCUT2D eigenvalue weighted by atomic mass is 9.54. The maximum Gasteiger partial charge on any atom is 0.230 e. The predicted octanol–water partition coefficient (Wildman–Crippen LogP) is -0.275. The number of ketones is 2. The van der Waals surface area contributed by atoms with Gasteiger partial charge in [0.2, 0.25) is 11.7 Å². The Morgan fingerprint density at radius 1 is 1.19 bits per heavy atom. The van der Waals surface area contributed by atoms with E-state index >= 15 is 0 Å². The van der Waals surface area contributed by atoms with Crippen molar-refractivity contribution in [2.24, 2.45) is 23.5 Å². The molecule has 1 aliphatic heterocycles. The number of amides is 1. The fraction of sp³-hybridized carbons (Fsp3) is 0.577. The first kappa shape index (κ1) is 24.9. The molecule has 6 N–H and O–H groups in total. The first-order valence-electron chi connectivity index (χ1n) is 12.4. The number of likely N-dealkylation sites (N-methyl/N-ethyl adjacent to an activating group) is 1. The molecule has 0 bridgehead atoms. The fourth-order valence-corrected chi connectivity index (χ4v) is 7.00. The van der Waals surface area contributed by atoms with Crippen LogP contribution in [0.2, 0.25) is 0 Å². The number of hydrogen-bond acceptors (Lipinski definition) is 9. The van der Waals surface area contributed by atoms with E-state index in [2.05, 4.69) is 4.90 Å². The van der Waals surface area contributed by atoms with E-state index in [-0.39, 0.29) is 23.3 Å². The van der Waals surface area contributed by atoms with Gasteiger partial charge in [0.1, 0.15) is 17.4 Å². The molecule has 1 saturated heterocycles. The second-order valence-electron chi connectivity index (χ2n) is 10.9. The molecule has 0 aromatic heterocycles. The van der Waals surface area contributed by atoms with E-state index in [0.29, 0.717) is 13.0 Å². The molecular formula is C26H33N3O7. The molecule has 3 aliphatic carbocycles. The van der Waals surface area contributed by atoms with Crippen LogP contribution in [0.3, 0.4) is 0 Å². The second-order valence-corrected chi connectivity index (χ2v) is 10.9.